The summed E-state index contributed by atoms with van der Waals surface area (Å²) in [6, 6.07) is 0.420. The van der Waals surface area contributed by atoms with Gasteiger partial charge in [0.05, 0.1) is 6.61 Å². The Morgan fingerprint density at radius 2 is 2.29 bits per heavy atom. The molecule has 3 nitrogen and oxygen atoms in total. The molecule has 1 saturated heterocycles. The van der Waals surface area contributed by atoms with Crippen LogP contribution in [0.2, 0.25) is 0 Å². The summed E-state index contributed by atoms with van der Waals surface area (Å²) in [6.45, 7) is 5.67. The first-order valence-corrected chi connectivity index (χ1v) is 5.73. The molecule has 14 heavy (non-hydrogen) atoms. The molecule has 1 amide bonds. The maximum absolute atomic E-state index is 11.6. The molecule has 1 atom stereocenters. The van der Waals surface area contributed by atoms with E-state index in [1.807, 2.05) is 4.90 Å². The first-order chi connectivity index (χ1) is 6.79. The van der Waals surface area contributed by atoms with Gasteiger partial charge in [-0.2, -0.15) is 0 Å². The molecular formula is C11H21NO2. The summed E-state index contributed by atoms with van der Waals surface area (Å²) in [7, 11) is 0. The van der Waals surface area contributed by atoms with Crippen LogP contribution < -0.4 is 0 Å². The highest BCUT2D eigenvalue weighted by molar-refractivity contribution is 5.68. The summed E-state index contributed by atoms with van der Waals surface area (Å²) in [5.41, 5.74) is 0. The van der Waals surface area contributed by atoms with E-state index in [1.165, 1.54) is 0 Å². The SMILES string of the molecule is CCCCOC(=O)N1CCCC1CC. The van der Waals surface area contributed by atoms with Crippen molar-refractivity contribution < 1.29 is 9.53 Å². The number of nitrogens with zero attached hydrogens (tertiary/aromatic N) is 1. The number of hydrogen-bond acceptors (Lipinski definition) is 2. The summed E-state index contributed by atoms with van der Waals surface area (Å²) >= 11 is 0. The smallest absolute Gasteiger partial charge is 0.410 e. The van der Waals surface area contributed by atoms with E-state index in [2.05, 4.69) is 13.8 Å². The van der Waals surface area contributed by atoms with E-state index in [0.29, 0.717) is 12.6 Å². The topological polar surface area (TPSA) is 29.5 Å². The molecule has 0 aromatic heterocycles. The van der Waals surface area contributed by atoms with Gasteiger partial charge in [0.1, 0.15) is 0 Å². The quantitative estimate of drug-likeness (QED) is 0.651. The highest BCUT2D eigenvalue weighted by atomic mass is 16.6. The zero-order valence-corrected chi connectivity index (χ0v) is 9.29. The molecule has 1 heterocycles. The molecule has 0 radical (unpaired) electrons. The maximum atomic E-state index is 11.6. The van der Waals surface area contributed by atoms with Crippen LogP contribution in [-0.2, 0) is 4.74 Å². The molecule has 1 rings (SSSR count). The van der Waals surface area contributed by atoms with Crippen LogP contribution in [0.25, 0.3) is 0 Å². The van der Waals surface area contributed by atoms with Crippen LogP contribution >= 0.6 is 0 Å². The molecule has 0 bridgehead atoms. The number of ether oxygens (including phenoxy) is 1. The second-order valence-electron chi connectivity index (χ2n) is 3.87. The van der Waals surface area contributed by atoms with Crippen molar-refractivity contribution >= 4 is 6.09 Å². The lowest BCUT2D eigenvalue weighted by Crippen LogP contribution is -2.35. The number of carbonyl (C=O) groups is 1. The van der Waals surface area contributed by atoms with Gasteiger partial charge in [0.15, 0.2) is 0 Å². The third kappa shape index (κ3) is 2.89. The van der Waals surface area contributed by atoms with Crippen LogP contribution in [0.1, 0.15) is 46.0 Å². The van der Waals surface area contributed by atoms with Crippen LogP contribution in [0.4, 0.5) is 4.79 Å². The molecule has 1 unspecified atom stereocenters. The molecule has 0 aromatic carbocycles. The molecule has 1 fully saturated rings. The van der Waals surface area contributed by atoms with E-state index in [9.17, 15) is 4.79 Å². The minimum atomic E-state index is -0.109. The van der Waals surface area contributed by atoms with Crippen molar-refractivity contribution in [2.45, 2.75) is 52.0 Å². The molecule has 0 spiro atoms. The van der Waals surface area contributed by atoms with Crippen molar-refractivity contribution in [1.29, 1.82) is 0 Å². The highest BCUT2D eigenvalue weighted by Crippen LogP contribution is 2.20. The Balaban J connectivity index is 2.28. The third-order valence-corrected chi connectivity index (χ3v) is 2.81. The van der Waals surface area contributed by atoms with Gasteiger partial charge in [-0.3, -0.25) is 0 Å². The number of carbonyl (C=O) groups excluding carboxylic acids is 1. The van der Waals surface area contributed by atoms with Crippen LogP contribution in [0.15, 0.2) is 0 Å². The minimum absolute atomic E-state index is 0.109. The molecular weight excluding hydrogens is 178 g/mol. The van der Waals surface area contributed by atoms with Gasteiger partial charge >= 0.3 is 6.09 Å². The number of hydrogen-bond donors (Lipinski definition) is 0. The Labute approximate surface area is 86.4 Å². The van der Waals surface area contributed by atoms with E-state index in [-0.39, 0.29) is 6.09 Å². The minimum Gasteiger partial charge on any atom is -0.449 e. The molecule has 0 saturated carbocycles. The van der Waals surface area contributed by atoms with Crippen molar-refractivity contribution in [2.24, 2.45) is 0 Å². The number of rotatable bonds is 4. The van der Waals surface area contributed by atoms with Gasteiger partial charge in [0.2, 0.25) is 0 Å². The standard InChI is InChI=1S/C11H21NO2/c1-3-5-9-14-11(13)12-8-6-7-10(12)4-2/h10H,3-9H2,1-2H3. The fraction of sp³-hybridized carbons (Fsp3) is 0.909. The Hall–Kier alpha value is -0.730. The molecule has 3 heteroatoms. The average Bonchev–Trinajstić information content (AvgIpc) is 2.65. The molecule has 1 aliphatic rings. The monoisotopic (exact) mass is 199 g/mol. The number of unbranched alkanes of at least 4 members (excludes halogenated alkanes) is 1. The number of likely N-dealkylation sites (tertiary alicyclic amines) is 1. The predicted octanol–water partition coefficient (Wildman–Crippen LogP) is 2.80. The molecule has 0 N–H and O–H groups in total. The van der Waals surface area contributed by atoms with E-state index < -0.39 is 0 Å². The molecule has 1 aliphatic heterocycles. The fourth-order valence-electron chi connectivity index (χ4n) is 1.89. The Morgan fingerprint density at radius 1 is 1.50 bits per heavy atom. The summed E-state index contributed by atoms with van der Waals surface area (Å²) in [6.07, 6.45) is 5.24. The maximum Gasteiger partial charge on any atom is 0.410 e. The van der Waals surface area contributed by atoms with Crippen molar-refractivity contribution in [3.63, 3.8) is 0 Å². The van der Waals surface area contributed by atoms with Crippen LogP contribution in [0.3, 0.4) is 0 Å². The van der Waals surface area contributed by atoms with Crippen LogP contribution in [-0.4, -0.2) is 30.2 Å². The molecule has 82 valence electrons. The van der Waals surface area contributed by atoms with E-state index >= 15 is 0 Å². The second-order valence-corrected chi connectivity index (χ2v) is 3.87. The Bertz CT molecular complexity index is 182. The third-order valence-electron chi connectivity index (χ3n) is 2.81. The molecule has 0 aromatic rings. The summed E-state index contributed by atoms with van der Waals surface area (Å²) in [5.74, 6) is 0. The van der Waals surface area contributed by atoms with E-state index in [1.54, 1.807) is 0 Å². The lowest BCUT2D eigenvalue weighted by molar-refractivity contribution is 0.0963. The summed E-state index contributed by atoms with van der Waals surface area (Å²) in [4.78, 5) is 13.5. The van der Waals surface area contributed by atoms with Crippen molar-refractivity contribution in [2.75, 3.05) is 13.2 Å². The van der Waals surface area contributed by atoms with Gasteiger partial charge in [-0.15, -0.1) is 0 Å². The zero-order valence-electron chi connectivity index (χ0n) is 9.29. The second kappa shape index (κ2) is 5.89. The first-order valence-electron chi connectivity index (χ1n) is 5.73. The van der Waals surface area contributed by atoms with Crippen LogP contribution in [0.5, 0.6) is 0 Å². The average molecular weight is 199 g/mol. The highest BCUT2D eigenvalue weighted by Gasteiger charge is 2.27. The van der Waals surface area contributed by atoms with Gasteiger partial charge in [-0.05, 0) is 25.7 Å². The first kappa shape index (κ1) is 11.3. The van der Waals surface area contributed by atoms with Crippen molar-refractivity contribution in [1.82, 2.24) is 4.90 Å². The van der Waals surface area contributed by atoms with Crippen LogP contribution in [0, 0.1) is 0 Å². The van der Waals surface area contributed by atoms with Gasteiger partial charge < -0.3 is 9.64 Å². The normalized spacial score (nSPS) is 21.3. The lowest BCUT2D eigenvalue weighted by atomic mass is 10.2. The van der Waals surface area contributed by atoms with Gasteiger partial charge in [-0.1, -0.05) is 20.3 Å². The van der Waals surface area contributed by atoms with E-state index in [4.69, 9.17) is 4.74 Å². The Morgan fingerprint density at radius 3 is 2.93 bits per heavy atom. The lowest BCUT2D eigenvalue weighted by Gasteiger charge is -2.22. The van der Waals surface area contributed by atoms with Gasteiger partial charge in [0, 0.05) is 12.6 Å². The Kier molecular flexibility index (Phi) is 4.77. The molecule has 0 aliphatic carbocycles. The largest absolute Gasteiger partial charge is 0.449 e. The van der Waals surface area contributed by atoms with Crippen molar-refractivity contribution in [3.8, 4) is 0 Å². The van der Waals surface area contributed by atoms with Gasteiger partial charge in [-0.25, -0.2) is 4.79 Å². The summed E-state index contributed by atoms with van der Waals surface area (Å²) in [5, 5.41) is 0. The number of amides is 1. The van der Waals surface area contributed by atoms with E-state index in [0.717, 1.165) is 38.6 Å². The van der Waals surface area contributed by atoms with Crippen molar-refractivity contribution in [3.05, 3.63) is 0 Å². The predicted molar refractivity (Wildman–Crippen MR) is 56.3 cm³/mol. The zero-order chi connectivity index (χ0) is 10.4. The van der Waals surface area contributed by atoms with Gasteiger partial charge in [0.25, 0.3) is 0 Å². The fourth-order valence-corrected chi connectivity index (χ4v) is 1.89. The summed E-state index contributed by atoms with van der Waals surface area (Å²) < 4.78 is 5.19.